The minimum Gasteiger partial charge on any atom is -0.484 e. The van der Waals surface area contributed by atoms with Crippen molar-refractivity contribution in [1.82, 2.24) is 0 Å². The third-order valence-electron chi connectivity index (χ3n) is 4.83. The lowest BCUT2D eigenvalue weighted by Crippen LogP contribution is -2.21. The lowest BCUT2D eigenvalue weighted by Gasteiger charge is -2.18. The summed E-state index contributed by atoms with van der Waals surface area (Å²) in [6.45, 7) is 8.61. The summed E-state index contributed by atoms with van der Waals surface area (Å²) in [5.74, 6) is 1.07. The normalized spacial score (nSPS) is 13.9. The summed E-state index contributed by atoms with van der Waals surface area (Å²) in [4.78, 5) is 14.6. The number of aryl methyl sites for hydroxylation is 1. The van der Waals surface area contributed by atoms with Crippen molar-refractivity contribution in [2.75, 3.05) is 29.9 Å². The van der Waals surface area contributed by atoms with Crippen molar-refractivity contribution < 1.29 is 9.53 Å². The molecule has 1 fully saturated rings. The first-order valence-corrected chi connectivity index (χ1v) is 9.41. The molecule has 0 spiro atoms. The number of nitrogens with one attached hydrogen (secondary N) is 1. The molecule has 0 aromatic heterocycles. The van der Waals surface area contributed by atoms with Gasteiger partial charge in [0.05, 0.1) is 0 Å². The molecule has 0 unspecified atom stereocenters. The maximum absolute atomic E-state index is 12.2. The van der Waals surface area contributed by atoms with Crippen LogP contribution in [0.3, 0.4) is 0 Å². The second kappa shape index (κ2) is 8.26. The number of rotatable bonds is 6. The van der Waals surface area contributed by atoms with Crippen molar-refractivity contribution in [2.45, 2.75) is 39.5 Å². The molecular formula is C22H28N2O2. The molecule has 0 aliphatic carbocycles. The van der Waals surface area contributed by atoms with Gasteiger partial charge in [-0.05, 0) is 67.1 Å². The van der Waals surface area contributed by atoms with E-state index < -0.39 is 0 Å². The van der Waals surface area contributed by atoms with Gasteiger partial charge in [0, 0.05) is 24.5 Å². The molecule has 26 heavy (non-hydrogen) atoms. The van der Waals surface area contributed by atoms with Gasteiger partial charge in [0.25, 0.3) is 5.91 Å². The topological polar surface area (TPSA) is 41.6 Å². The van der Waals surface area contributed by atoms with Gasteiger partial charge in [-0.2, -0.15) is 0 Å². The molecule has 4 heteroatoms. The summed E-state index contributed by atoms with van der Waals surface area (Å²) in [6.07, 6.45) is 2.47. The van der Waals surface area contributed by atoms with E-state index in [0.717, 1.165) is 24.5 Å². The predicted molar refractivity (Wildman–Crippen MR) is 107 cm³/mol. The summed E-state index contributed by atoms with van der Waals surface area (Å²) in [6, 6.07) is 14.0. The second-order valence-corrected chi connectivity index (χ2v) is 7.25. The number of ether oxygens (including phenoxy) is 1. The SMILES string of the molecule is Cc1cc(OCC(=O)Nc2cccc(N3CCCC3)c2)ccc1C(C)C. The fourth-order valence-electron chi connectivity index (χ4n) is 3.49. The smallest absolute Gasteiger partial charge is 0.262 e. The van der Waals surface area contributed by atoms with E-state index in [9.17, 15) is 4.79 Å². The number of hydrogen-bond acceptors (Lipinski definition) is 3. The lowest BCUT2D eigenvalue weighted by molar-refractivity contribution is -0.118. The first-order chi connectivity index (χ1) is 12.5. The molecule has 2 aromatic carbocycles. The molecule has 4 nitrogen and oxygen atoms in total. The van der Waals surface area contributed by atoms with Crippen molar-refractivity contribution in [1.29, 1.82) is 0 Å². The van der Waals surface area contributed by atoms with Gasteiger partial charge in [0.1, 0.15) is 5.75 Å². The van der Waals surface area contributed by atoms with Crippen molar-refractivity contribution in [3.63, 3.8) is 0 Å². The van der Waals surface area contributed by atoms with Crippen molar-refractivity contribution >= 4 is 17.3 Å². The molecule has 1 N–H and O–H groups in total. The highest BCUT2D eigenvalue weighted by molar-refractivity contribution is 5.92. The van der Waals surface area contributed by atoms with E-state index in [1.165, 1.54) is 29.7 Å². The highest BCUT2D eigenvalue weighted by Crippen LogP contribution is 2.24. The first-order valence-electron chi connectivity index (χ1n) is 9.41. The summed E-state index contributed by atoms with van der Waals surface area (Å²) < 4.78 is 5.66. The number of nitrogens with zero attached hydrogens (tertiary/aromatic N) is 1. The van der Waals surface area contributed by atoms with E-state index in [-0.39, 0.29) is 12.5 Å². The average Bonchev–Trinajstić information content (AvgIpc) is 3.14. The number of anilines is 2. The maximum atomic E-state index is 12.2. The summed E-state index contributed by atoms with van der Waals surface area (Å²) in [5.41, 5.74) is 4.48. The van der Waals surface area contributed by atoms with Crippen LogP contribution in [0.15, 0.2) is 42.5 Å². The number of hydrogen-bond donors (Lipinski definition) is 1. The van der Waals surface area contributed by atoms with Crippen LogP contribution < -0.4 is 15.0 Å². The molecule has 1 aliphatic rings. The molecule has 3 rings (SSSR count). The van der Waals surface area contributed by atoms with Gasteiger partial charge in [-0.3, -0.25) is 4.79 Å². The first kappa shape index (κ1) is 18.3. The second-order valence-electron chi connectivity index (χ2n) is 7.25. The quantitative estimate of drug-likeness (QED) is 0.817. The highest BCUT2D eigenvalue weighted by Gasteiger charge is 2.13. The van der Waals surface area contributed by atoms with Crippen LogP contribution >= 0.6 is 0 Å². The van der Waals surface area contributed by atoms with Crippen LogP contribution in [0.5, 0.6) is 5.75 Å². The number of amides is 1. The molecule has 0 saturated carbocycles. The Morgan fingerprint density at radius 1 is 1.15 bits per heavy atom. The maximum Gasteiger partial charge on any atom is 0.262 e. The number of carbonyl (C=O) groups excluding carboxylic acids is 1. The van der Waals surface area contributed by atoms with Crippen LogP contribution in [0.1, 0.15) is 43.7 Å². The Bertz CT molecular complexity index is 764. The predicted octanol–water partition coefficient (Wildman–Crippen LogP) is 4.74. The molecule has 1 amide bonds. The van der Waals surface area contributed by atoms with Crippen LogP contribution in [-0.4, -0.2) is 25.6 Å². The minimum absolute atomic E-state index is 0.00834. The molecule has 1 saturated heterocycles. The van der Waals surface area contributed by atoms with E-state index >= 15 is 0 Å². The van der Waals surface area contributed by atoms with Gasteiger partial charge >= 0.3 is 0 Å². The fourth-order valence-corrected chi connectivity index (χ4v) is 3.49. The Balaban J connectivity index is 1.56. The molecule has 0 radical (unpaired) electrons. The number of benzene rings is 2. The molecule has 1 heterocycles. The van der Waals surface area contributed by atoms with Gasteiger partial charge in [-0.25, -0.2) is 0 Å². The standard InChI is InChI=1S/C22H28N2O2/c1-16(2)21-10-9-20(13-17(21)3)26-15-22(25)23-18-7-6-8-19(14-18)24-11-4-5-12-24/h6-10,13-14,16H,4-5,11-12,15H2,1-3H3,(H,23,25). The zero-order chi connectivity index (χ0) is 18.5. The van der Waals surface area contributed by atoms with Crippen LogP contribution in [0.2, 0.25) is 0 Å². The van der Waals surface area contributed by atoms with Crippen molar-refractivity contribution in [3.05, 3.63) is 53.6 Å². The zero-order valence-corrected chi connectivity index (χ0v) is 15.9. The van der Waals surface area contributed by atoms with E-state index in [4.69, 9.17) is 4.74 Å². The van der Waals surface area contributed by atoms with E-state index in [1.807, 2.05) is 30.3 Å². The Morgan fingerprint density at radius 3 is 2.62 bits per heavy atom. The lowest BCUT2D eigenvalue weighted by atomic mass is 9.98. The zero-order valence-electron chi connectivity index (χ0n) is 15.9. The molecule has 1 aliphatic heterocycles. The summed E-state index contributed by atoms with van der Waals surface area (Å²) in [7, 11) is 0. The van der Waals surface area contributed by atoms with Crippen molar-refractivity contribution in [2.24, 2.45) is 0 Å². The Morgan fingerprint density at radius 2 is 1.92 bits per heavy atom. The van der Waals surface area contributed by atoms with E-state index in [0.29, 0.717) is 5.92 Å². The highest BCUT2D eigenvalue weighted by atomic mass is 16.5. The van der Waals surface area contributed by atoms with E-state index in [2.05, 4.69) is 43.1 Å². The van der Waals surface area contributed by atoms with Gasteiger partial charge in [0.15, 0.2) is 6.61 Å². The van der Waals surface area contributed by atoms with Crippen LogP contribution in [0, 0.1) is 6.92 Å². The van der Waals surface area contributed by atoms with Gasteiger partial charge in [-0.1, -0.05) is 26.0 Å². The Hall–Kier alpha value is -2.49. The average molecular weight is 352 g/mol. The third kappa shape index (κ3) is 4.57. The Kier molecular flexibility index (Phi) is 5.82. The van der Waals surface area contributed by atoms with Gasteiger partial charge in [0.2, 0.25) is 0 Å². The van der Waals surface area contributed by atoms with E-state index in [1.54, 1.807) is 0 Å². The van der Waals surface area contributed by atoms with Gasteiger partial charge in [-0.15, -0.1) is 0 Å². The molecular weight excluding hydrogens is 324 g/mol. The molecule has 138 valence electrons. The fraction of sp³-hybridized carbons (Fsp3) is 0.409. The molecule has 0 atom stereocenters. The molecule has 0 bridgehead atoms. The summed E-state index contributed by atoms with van der Waals surface area (Å²) in [5, 5.41) is 2.93. The van der Waals surface area contributed by atoms with Crippen LogP contribution in [0.4, 0.5) is 11.4 Å². The van der Waals surface area contributed by atoms with Gasteiger partial charge < -0.3 is 15.0 Å². The van der Waals surface area contributed by atoms with Crippen LogP contribution in [-0.2, 0) is 4.79 Å². The third-order valence-corrected chi connectivity index (χ3v) is 4.83. The largest absolute Gasteiger partial charge is 0.484 e. The van der Waals surface area contributed by atoms with Crippen LogP contribution in [0.25, 0.3) is 0 Å². The van der Waals surface area contributed by atoms with Crippen molar-refractivity contribution in [3.8, 4) is 5.75 Å². The Labute approximate surface area is 156 Å². The number of carbonyl (C=O) groups is 1. The minimum atomic E-state index is -0.144. The monoisotopic (exact) mass is 352 g/mol. The molecule has 2 aromatic rings. The summed E-state index contributed by atoms with van der Waals surface area (Å²) >= 11 is 0.